The number of benzene rings is 2. The second kappa shape index (κ2) is 6.75. The summed E-state index contributed by atoms with van der Waals surface area (Å²) in [4.78, 5) is 11.1. The first-order valence-corrected chi connectivity index (χ1v) is 10.6. The van der Waals surface area contributed by atoms with Gasteiger partial charge in [0.25, 0.3) is 0 Å². The fraction of sp³-hybridized carbons (Fsp3) is 0.417. The van der Waals surface area contributed by atoms with Gasteiger partial charge in [-0.15, -0.1) is 0 Å². The molecule has 0 aromatic heterocycles. The van der Waals surface area contributed by atoms with E-state index in [2.05, 4.69) is 19.1 Å². The normalized spacial score (nSPS) is 29.6. The molecule has 1 saturated carbocycles. The Balaban J connectivity index is 1.62. The molecular weight excluding hydrogens is 376 g/mol. The minimum absolute atomic E-state index is 0.273. The van der Waals surface area contributed by atoms with Crippen molar-refractivity contribution in [1.82, 2.24) is 5.06 Å². The highest BCUT2D eigenvalue weighted by molar-refractivity contribution is 5.79. The highest BCUT2D eigenvalue weighted by Crippen LogP contribution is 2.55. The SMILES string of the molecule is CCC1CCC2(C1)CC1(N=C(N)N(C)O1)c1cc(-c3cccc(C#N)c3)ccc1O2. The number of hydroxylamine groups is 2. The molecule has 3 unspecified atom stereocenters. The van der Waals surface area contributed by atoms with Crippen LogP contribution in [0.2, 0.25) is 0 Å². The van der Waals surface area contributed by atoms with Crippen molar-refractivity contribution in [3.05, 3.63) is 53.6 Å². The first kappa shape index (κ1) is 19.0. The molecule has 1 aliphatic carbocycles. The Morgan fingerprint density at radius 1 is 1.27 bits per heavy atom. The summed E-state index contributed by atoms with van der Waals surface area (Å²) in [6.45, 7) is 2.24. The molecule has 2 spiro atoms. The topological polar surface area (TPSA) is 83.9 Å². The quantitative estimate of drug-likeness (QED) is 0.810. The van der Waals surface area contributed by atoms with Crippen LogP contribution in [0.4, 0.5) is 0 Å². The number of hydrogen-bond acceptors (Lipinski definition) is 6. The first-order valence-electron chi connectivity index (χ1n) is 10.6. The predicted molar refractivity (Wildman–Crippen MR) is 114 cm³/mol. The standard InChI is InChI=1S/C24H26N4O2/c1-3-16-9-10-23(13-16)15-24(27-22(26)28(2)30-24)20-12-19(7-8-21(20)29-23)18-6-4-5-17(11-18)14-25/h4-8,11-12,16H,3,9-10,13,15H2,1-2H3,(H2,26,27). The number of rotatable bonds is 2. The van der Waals surface area contributed by atoms with Crippen LogP contribution in [0, 0.1) is 17.2 Å². The van der Waals surface area contributed by atoms with Gasteiger partial charge in [-0.2, -0.15) is 5.26 Å². The molecule has 0 radical (unpaired) electrons. The lowest BCUT2D eigenvalue weighted by molar-refractivity contribution is -0.203. The maximum Gasteiger partial charge on any atom is 0.222 e. The second-order valence-electron chi connectivity index (χ2n) is 8.73. The number of nitrogens with two attached hydrogens (primary N) is 1. The first-order chi connectivity index (χ1) is 14.5. The zero-order valence-corrected chi connectivity index (χ0v) is 17.4. The molecule has 2 aromatic carbocycles. The average molecular weight is 402 g/mol. The summed E-state index contributed by atoms with van der Waals surface area (Å²) in [6, 6.07) is 15.9. The highest BCUT2D eigenvalue weighted by atomic mass is 16.7. The zero-order valence-electron chi connectivity index (χ0n) is 17.4. The molecule has 2 heterocycles. The molecule has 5 rings (SSSR count). The maximum atomic E-state index is 9.26. The molecule has 3 atom stereocenters. The van der Waals surface area contributed by atoms with Crippen LogP contribution < -0.4 is 10.5 Å². The van der Waals surface area contributed by atoms with Crippen molar-refractivity contribution >= 4 is 5.96 Å². The van der Waals surface area contributed by atoms with E-state index in [1.54, 1.807) is 18.2 Å². The third kappa shape index (κ3) is 2.93. The molecular formula is C24H26N4O2. The molecule has 154 valence electrons. The molecule has 6 nitrogen and oxygen atoms in total. The van der Waals surface area contributed by atoms with Crippen LogP contribution in [0.3, 0.4) is 0 Å². The molecule has 2 aliphatic heterocycles. The lowest BCUT2D eigenvalue weighted by Crippen LogP contribution is -2.47. The van der Waals surface area contributed by atoms with Crippen LogP contribution in [-0.4, -0.2) is 23.7 Å². The number of hydrogen-bond donors (Lipinski definition) is 1. The van der Waals surface area contributed by atoms with E-state index in [-0.39, 0.29) is 5.60 Å². The van der Waals surface area contributed by atoms with E-state index in [0.29, 0.717) is 23.9 Å². The van der Waals surface area contributed by atoms with Crippen LogP contribution in [0.5, 0.6) is 5.75 Å². The van der Waals surface area contributed by atoms with Gasteiger partial charge in [-0.1, -0.05) is 31.5 Å². The van der Waals surface area contributed by atoms with Crippen molar-refractivity contribution in [2.45, 2.75) is 50.4 Å². The van der Waals surface area contributed by atoms with E-state index in [1.807, 2.05) is 30.3 Å². The van der Waals surface area contributed by atoms with Gasteiger partial charge in [0.05, 0.1) is 17.2 Å². The Hall–Kier alpha value is -3.04. The monoisotopic (exact) mass is 402 g/mol. The van der Waals surface area contributed by atoms with E-state index in [4.69, 9.17) is 20.3 Å². The average Bonchev–Trinajstić information content (AvgIpc) is 3.27. The lowest BCUT2D eigenvalue weighted by atomic mass is 9.82. The number of guanidine groups is 1. The van der Waals surface area contributed by atoms with Gasteiger partial charge in [-0.05, 0) is 60.6 Å². The Morgan fingerprint density at radius 2 is 2.10 bits per heavy atom. The molecule has 2 N–H and O–H groups in total. The summed E-state index contributed by atoms with van der Waals surface area (Å²) in [5.41, 5.74) is 8.48. The molecule has 3 aliphatic rings. The second-order valence-corrected chi connectivity index (χ2v) is 8.73. The molecule has 6 heteroatoms. The Morgan fingerprint density at radius 3 is 2.80 bits per heavy atom. The van der Waals surface area contributed by atoms with Gasteiger partial charge in [0.1, 0.15) is 11.4 Å². The van der Waals surface area contributed by atoms with Crippen molar-refractivity contribution in [3.63, 3.8) is 0 Å². The summed E-state index contributed by atoms with van der Waals surface area (Å²) in [5, 5.41) is 10.8. The number of nitriles is 1. The number of fused-ring (bicyclic) bond motifs is 2. The predicted octanol–water partition coefficient (Wildman–Crippen LogP) is 4.30. The van der Waals surface area contributed by atoms with Gasteiger partial charge in [-0.3, -0.25) is 0 Å². The van der Waals surface area contributed by atoms with Crippen molar-refractivity contribution in [3.8, 4) is 22.9 Å². The summed E-state index contributed by atoms with van der Waals surface area (Å²) in [6.07, 6.45) is 4.98. The summed E-state index contributed by atoms with van der Waals surface area (Å²) < 4.78 is 6.64. The summed E-state index contributed by atoms with van der Waals surface area (Å²) in [5.74, 6) is 1.85. The van der Waals surface area contributed by atoms with E-state index >= 15 is 0 Å². The molecule has 0 saturated heterocycles. The summed E-state index contributed by atoms with van der Waals surface area (Å²) in [7, 11) is 1.79. The smallest absolute Gasteiger partial charge is 0.222 e. The fourth-order valence-electron chi connectivity index (χ4n) is 5.20. The number of nitrogens with zero attached hydrogens (tertiary/aromatic N) is 3. The molecule has 0 amide bonds. The minimum Gasteiger partial charge on any atom is -0.487 e. The van der Waals surface area contributed by atoms with Gasteiger partial charge in [0, 0.05) is 13.5 Å². The third-order valence-corrected chi connectivity index (χ3v) is 6.77. The number of aliphatic imine (C=N–C) groups is 1. The Kier molecular flexibility index (Phi) is 4.26. The highest BCUT2D eigenvalue weighted by Gasteiger charge is 2.56. The van der Waals surface area contributed by atoms with Gasteiger partial charge in [-0.25, -0.2) is 14.9 Å². The van der Waals surface area contributed by atoms with Crippen molar-refractivity contribution < 1.29 is 9.57 Å². The van der Waals surface area contributed by atoms with Crippen LogP contribution in [0.15, 0.2) is 47.5 Å². The van der Waals surface area contributed by atoms with Gasteiger partial charge in [0.2, 0.25) is 11.7 Å². The minimum atomic E-state index is -0.877. The van der Waals surface area contributed by atoms with Gasteiger partial charge >= 0.3 is 0 Å². The Labute approximate surface area is 176 Å². The molecule has 0 bridgehead atoms. The van der Waals surface area contributed by atoms with Crippen molar-refractivity contribution in [2.24, 2.45) is 16.6 Å². The van der Waals surface area contributed by atoms with Crippen LogP contribution in [-0.2, 0) is 10.6 Å². The van der Waals surface area contributed by atoms with Crippen LogP contribution in [0.25, 0.3) is 11.1 Å². The summed E-state index contributed by atoms with van der Waals surface area (Å²) >= 11 is 0. The van der Waals surface area contributed by atoms with Crippen molar-refractivity contribution in [2.75, 3.05) is 7.05 Å². The van der Waals surface area contributed by atoms with E-state index in [0.717, 1.165) is 48.1 Å². The van der Waals surface area contributed by atoms with Crippen molar-refractivity contribution in [1.29, 1.82) is 5.26 Å². The third-order valence-electron chi connectivity index (χ3n) is 6.77. The zero-order chi connectivity index (χ0) is 20.9. The maximum absolute atomic E-state index is 9.26. The van der Waals surface area contributed by atoms with Crippen LogP contribution >= 0.6 is 0 Å². The lowest BCUT2D eigenvalue weighted by Gasteiger charge is -2.43. The van der Waals surface area contributed by atoms with E-state index < -0.39 is 5.72 Å². The van der Waals surface area contributed by atoms with Crippen LogP contribution in [0.1, 0.15) is 50.2 Å². The largest absolute Gasteiger partial charge is 0.487 e. The van der Waals surface area contributed by atoms with E-state index in [9.17, 15) is 5.26 Å². The fourth-order valence-corrected chi connectivity index (χ4v) is 5.20. The Bertz CT molecular complexity index is 1080. The number of ether oxygens (including phenoxy) is 1. The molecule has 30 heavy (non-hydrogen) atoms. The molecule has 2 aromatic rings. The van der Waals surface area contributed by atoms with Gasteiger partial charge < -0.3 is 10.5 Å². The molecule has 1 fully saturated rings. The van der Waals surface area contributed by atoms with Gasteiger partial charge in [0.15, 0.2) is 0 Å². The van der Waals surface area contributed by atoms with E-state index in [1.165, 1.54) is 0 Å².